The Morgan fingerprint density at radius 2 is 2.00 bits per heavy atom. The summed E-state index contributed by atoms with van der Waals surface area (Å²) in [5, 5.41) is 11.8. The summed E-state index contributed by atoms with van der Waals surface area (Å²) in [5.41, 5.74) is 1.20. The number of carboxylic acid groups (broad SMARTS) is 1. The van der Waals surface area contributed by atoms with Crippen LogP contribution in [0, 0.1) is 5.92 Å². The highest BCUT2D eigenvalue weighted by Gasteiger charge is 2.18. The lowest BCUT2D eigenvalue weighted by Gasteiger charge is -2.10. The first kappa shape index (κ1) is 13.3. The maximum Gasteiger partial charge on any atom is 0.335 e. The first-order valence-electron chi connectivity index (χ1n) is 6.42. The Labute approximate surface area is 112 Å². The first-order chi connectivity index (χ1) is 9.16. The van der Waals surface area contributed by atoms with E-state index in [9.17, 15) is 9.59 Å². The number of carbonyl (C=O) groups is 2. The van der Waals surface area contributed by atoms with E-state index >= 15 is 0 Å². The molecular weight excluding hydrogens is 242 g/mol. The summed E-state index contributed by atoms with van der Waals surface area (Å²) >= 11 is 0. The number of carboxylic acids is 1. The van der Waals surface area contributed by atoms with E-state index in [1.54, 1.807) is 18.2 Å². The van der Waals surface area contributed by atoms with Gasteiger partial charge in [-0.1, -0.05) is 24.3 Å². The van der Waals surface area contributed by atoms with Crippen LogP contribution in [-0.4, -0.2) is 23.5 Å². The van der Waals surface area contributed by atoms with Crippen molar-refractivity contribution in [3.05, 3.63) is 47.5 Å². The Hall–Kier alpha value is -2.10. The molecule has 0 unspecified atom stereocenters. The molecule has 19 heavy (non-hydrogen) atoms. The third-order valence-corrected chi connectivity index (χ3v) is 3.27. The van der Waals surface area contributed by atoms with Crippen LogP contribution in [0.3, 0.4) is 0 Å². The van der Waals surface area contributed by atoms with Gasteiger partial charge in [-0.05, 0) is 37.0 Å². The molecule has 2 rings (SSSR count). The fourth-order valence-corrected chi connectivity index (χ4v) is 2.17. The number of benzene rings is 1. The second-order valence-corrected chi connectivity index (χ2v) is 4.69. The number of allylic oxidation sites excluding steroid dienone is 2. The molecule has 2 N–H and O–H groups in total. The molecular formula is C15H17NO3. The molecule has 0 heterocycles. The molecule has 4 heteroatoms. The number of hydrogen-bond donors (Lipinski definition) is 2. The van der Waals surface area contributed by atoms with Crippen molar-refractivity contribution in [2.75, 3.05) is 6.54 Å². The van der Waals surface area contributed by atoms with Crippen LogP contribution in [0.1, 0.15) is 28.8 Å². The molecule has 4 nitrogen and oxygen atoms in total. The van der Waals surface area contributed by atoms with Crippen LogP contribution in [0.4, 0.5) is 0 Å². The number of rotatable bonds is 5. The van der Waals surface area contributed by atoms with Gasteiger partial charge in [0.25, 0.3) is 0 Å². The first-order valence-corrected chi connectivity index (χ1v) is 6.42. The van der Waals surface area contributed by atoms with E-state index in [1.165, 1.54) is 0 Å². The Morgan fingerprint density at radius 3 is 2.68 bits per heavy atom. The third kappa shape index (κ3) is 3.68. The maximum atomic E-state index is 11.8. The summed E-state index contributed by atoms with van der Waals surface area (Å²) in [4.78, 5) is 22.6. The largest absolute Gasteiger partial charge is 0.478 e. The Balaban J connectivity index is 1.80. The monoisotopic (exact) mass is 259 g/mol. The maximum absolute atomic E-state index is 11.8. The molecule has 0 saturated heterocycles. The van der Waals surface area contributed by atoms with Gasteiger partial charge in [0.1, 0.15) is 0 Å². The molecule has 0 atom stereocenters. The van der Waals surface area contributed by atoms with Crippen LogP contribution in [0.2, 0.25) is 0 Å². The molecule has 0 radical (unpaired) electrons. The normalized spacial score (nSPS) is 14.5. The highest BCUT2D eigenvalue weighted by molar-refractivity contribution is 5.87. The Bertz CT molecular complexity index is 500. The SMILES string of the molecule is O=C(O)c1cccc(CCNC(=O)C2CC=CC2)c1. The minimum absolute atomic E-state index is 0.0744. The Morgan fingerprint density at radius 1 is 1.26 bits per heavy atom. The third-order valence-electron chi connectivity index (χ3n) is 3.27. The van der Waals surface area contributed by atoms with Gasteiger partial charge in [0, 0.05) is 12.5 Å². The summed E-state index contributed by atoms with van der Waals surface area (Å²) in [5.74, 6) is -0.771. The second-order valence-electron chi connectivity index (χ2n) is 4.69. The molecule has 1 aliphatic rings. The van der Waals surface area contributed by atoms with Crippen molar-refractivity contribution in [2.24, 2.45) is 5.92 Å². The van der Waals surface area contributed by atoms with Gasteiger partial charge in [-0.25, -0.2) is 4.79 Å². The smallest absolute Gasteiger partial charge is 0.335 e. The summed E-state index contributed by atoms with van der Waals surface area (Å²) in [6.45, 7) is 0.540. The van der Waals surface area contributed by atoms with Gasteiger partial charge in [0.05, 0.1) is 5.56 Å². The van der Waals surface area contributed by atoms with Crippen molar-refractivity contribution in [3.8, 4) is 0 Å². The van der Waals surface area contributed by atoms with Crippen LogP contribution < -0.4 is 5.32 Å². The minimum atomic E-state index is -0.928. The highest BCUT2D eigenvalue weighted by atomic mass is 16.4. The average Bonchev–Trinajstić information content (AvgIpc) is 2.93. The van der Waals surface area contributed by atoms with Crippen LogP contribution >= 0.6 is 0 Å². The van der Waals surface area contributed by atoms with Gasteiger partial charge in [0.15, 0.2) is 0 Å². The molecule has 1 aliphatic carbocycles. The lowest BCUT2D eigenvalue weighted by molar-refractivity contribution is -0.124. The van der Waals surface area contributed by atoms with Crippen molar-refractivity contribution in [1.29, 1.82) is 0 Å². The molecule has 1 amide bonds. The lowest BCUT2D eigenvalue weighted by atomic mass is 10.1. The molecule has 100 valence electrons. The molecule has 1 aromatic carbocycles. The molecule has 0 fully saturated rings. The fraction of sp³-hybridized carbons (Fsp3) is 0.333. The zero-order valence-electron chi connectivity index (χ0n) is 10.6. The summed E-state index contributed by atoms with van der Waals surface area (Å²) < 4.78 is 0. The van der Waals surface area contributed by atoms with E-state index in [0.29, 0.717) is 13.0 Å². The summed E-state index contributed by atoms with van der Waals surface area (Å²) in [7, 11) is 0. The topological polar surface area (TPSA) is 66.4 Å². The van der Waals surface area contributed by atoms with Gasteiger partial charge in [-0.15, -0.1) is 0 Å². The molecule has 0 saturated carbocycles. The summed E-state index contributed by atoms with van der Waals surface area (Å²) in [6.07, 6.45) is 6.34. The molecule has 0 spiro atoms. The fourth-order valence-electron chi connectivity index (χ4n) is 2.17. The van der Waals surface area contributed by atoms with Crippen molar-refractivity contribution in [1.82, 2.24) is 5.32 Å². The van der Waals surface area contributed by atoms with Gasteiger partial charge in [-0.2, -0.15) is 0 Å². The number of nitrogens with one attached hydrogen (secondary N) is 1. The quantitative estimate of drug-likeness (QED) is 0.795. The van der Waals surface area contributed by atoms with Crippen LogP contribution in [-0.2, 0) is 11.2 Å². The van der Waals surface area contributed by atoms with Gasteiger partial charge in [0.2, 0.25) is 5.91 Å². The van der Waals surface area contributed by atoms with Crippen molar-refractivity contribution in [2.45, 2.75) is 19.3 Å². The van der Waals surface area contributed by atoms with Gasteiger partial charge in [-0.3, -0.25) is 4.79 Å². The van der Waals surface area contributed by atoms with Gasteiger partial charge < -0.3 is 10.4 Å². The zero-order valence-corrected chi connectivity index (χ0v) is 10.6. The standard InChI is InChI=1S/C15H17NO3/c17-14(12-5-1-2-6-12)16-9-8-11-4-3-7-13(10-11)15(18)19/h1-4,7,10,12H,5-6,8-9H2,(H,16,17)(H,18,19). The lowest BCUT2D eigenvalue weighted by Crippen LogP contribution is -2.31. The highest BCUT2D eigenvalue weighted by Crippen LogP contribution is 2.17. The molecule has 0 aliphatic heterocycles. The summed E-state index contributed by atoms with van der Waals surface area (Å²) in [6, 6.07) is 6.80. The predicted molar refractivity (Wildman–Crippen MR) is 72.0 cm³/mol. The van der Waals surface area contributed by atoms with Gasteiger partial charge >= 0.3 is 5.97 Å². The van der Waals surface area contributed by atoms with E-state index < -0.39 is 5.97 Å². The van der Waals surface area contributed by atoms with E-state index in [4.69, 9.17) is 5.11 Å². The van der Waals surface area contributed by atoms with Crippen LogP contribution in [0.25, 0.3) is 0 Å². The predicted octanol–water partition coefficient (Wildman–Crippen LogP) is 2.01. The number of hydrogen-bond acceptors (Lipinski definition) is 2. The van der Waals surface area contributed by atoms with E-state index in [1.807, 2.05) is 18.2 Å². The average molecular weight is 259 g/mol. The minimum Gasteiger partial charge on any atom is -0.478 e. The Kier molecular flexibility index (Phi) is 4.34. The number of carbonyl (C=O) groups excluding carboxylic acids is 1. The van der Waals surface area contributed by atoms with E-state index in [0.717, 1.165) is 18.4 Å². The number of amides is 1. The molecule has 0 bridgehead atoms. The van der Waals surface area contributed by atoms with Crippen molar-refractivity contribution in [3.63, 3.8) is 0 Å². The van der Waals surface area contributed by atoms with Crippen molar-refractivity contribution >= 4 is 11.9 Å². The zero-order chi connectivity index (χ0) is 13.7. The number of aromatic carboxylic acids is 1. The second kappa shape index (κ2) is 6.18. The molecule has 1 aromatic rings. The van der Waals surface area contributed by atoms with Crippen LogP contribution in [0.15, 0.2) is 36.4 Å². The van der Waals surface area contributed by atoms with Crippen LogP contribution in [0.5, 0.6) is 0 Å². The van der Waals surface area contributed by atoms with E-state index in [2.05, 4.69) is 5.32 Å². The van der Waals surface area contributed by atoms with E-state index in [-0.39, 0.29) is 17.4 Å². The molecule has 0 aromatic heterocycles. The van der Waals surface area contributed by atoms with Crippen molar-refractivity contribution < 1.29 is 14.7 Å².